The number of hydrogen-bond acceptors (Lipinski definition) is 5. The van der Waals surface area contributed by atoms with Crippen molar-refractivity contribution in [2.75, 3.05) is 13.1 Å². The van der Waals surface area contributed by atoms with Crippen LogP contribution >= 0.6 is 0 Å². The van der Waals surface area contributed by atoms with Crippen molar-refractivity contribution in [3.8, 4) is 0 Å². The summed E-state index contributed by atoms with van der Waals surface area (Å²) in [4.78, 5) is 38.7. The molecule has 0 saturated carbocycles. The number of imide groups is 1. The zero-order valence-electron chi connectivity index (χ0n) is 15.8. The van der Waals surface area contributed by atoms with Gasteiger partial charge in [-0.05, 0) is 32.8 Å². The zero-order valence-corrected chi connectivity index (χ0v) is 15.8. The van der Waals surface area contributed by atoms with Gasteiger partial charge < -0.3 is 19.8 Å². The summed E-state index contributed by atoms with van der Waals surface area (Å²) in [6, 6.07) is 8.11. The minimum Gasteiger partial charge on any atom is -0.465 e. The Balaban J connectivity index is 2.22. The van der Waals surface area contributed by atoms with Crippen LogP contribution in [0.15, 0.2) is 30.3 Å². The van der Waals surface area contributed by atoms with Crippen molar-refractivity contribution in [3.05, 3.63) is 35.9 Å². The van der Waals surface area contributed by atoms with Crippen LogP contribution in [0.4, 0.5) is 9.59 Å². The number of carbonyl (C=O) groups excluding carboxylic acids is 2. The molecule has 0 unspecified atom stereocenters. The molecule has 8 nitrogen and oxygen atoms in total. The van der Waals surface area contributed by atoms with E-state index in [0.717, 1.165) is 15.4 Å². The number of benzene rings is 1. The van der Waals surface area contributed by atoms with Crippen molar-refractivity contribution in [1.29, 1.82) is 0 Å². The number of carbonyl (C=O) groups is 3. The van der Waals surface area contributed by atoms with Crippen LogP contribution in [0.1, 0.15) is 32.8 Å². The molecule has 1 aromatic carbocycles. The first kappa shape index (κ1) is 20.7. The summed E-state index contributed by atoms with van der Waals surface area (Å²) in [6.45, 7) is 5.02. The highest BCUT2D eigenvalue weighted by Gasteiger charge is 2.40. The van der Waals surface area contributed by atoms with Crippen LogP contribution in [0.25, 0.3) is 0 Å². The van der Waals surface area contributed by atoms with Gasteiger partial charge in [0.15, 0.2) is 0 Å². The van der Waals surface area contributed by atoms with Crippen LogP contribution in [0.2, 0.25) is 0 Å². The van der Waals surface area contributed by atoms with Crippen molar-refractivity contribution in [2.24, 2.45) is 0 Å². The second kappa shape index (κ2) is 8.39. The van der Waals surface area contributed by atoms with Crippen LogP contribution in [0.3, 0.4) is 0 Å². The predicted octanol–water partition coefficient (Wildman–Crippen LogP) is 2.11. The van der Waals surface area contributed by atoms with Crippen LogP contribution in [0.5, 0.6) is 0 Å². The second-order valence-corrected chi connectivity index (χ2v) is 7.56. The van der Waals surface area contributed by atoms with Crippen molar-refractivity contribution < 1.29 is 29.3 Å². The Morgan fingerprint density at radius 2 is 1.85 bits per heavy atom. The molecule has 27 heavy (non-hydrogen) atoms. The van der Waals surface area contributed by atoms with E-state index in [0.29, 0.717) is 0 Å². The fourth-order valence-corrected chi connectivity index (χ4v) is 2.98. The molecule has 8 heteroatoms. The lowest BCUT2D eigenvalue weighted by molar-refractivity contribution is -0.135. The number of aliphatic hydroxyl groups excluding tert-OH is 1. The first-order chi connectivity index (χ1) is 12.6. The highest BCUT2D eigenvalue weighted by Crippen LogP contribution is 2.22. The summed E-state index contributed by atoms with van der Waals surface area (Å²) >= 11 is 0. The Morgan fingerprint density at radius 3 is 2.37 bits per heavy atom. The van der Waals surface area contributed by atoms with E-state index in [4.69, 9.17) is 9.84 Å². The van der Waals surface area contributed by atoms with Gasteiger partial charge in [0, 0.05) is 6.54 Å². The van der Waals surface area contributed by atoms with Gasteiger partial charge in [-0.1, -0.05) is 30.3 Å². The molecular weight excluding hydrogens is 352 g/mol. The molecule has 1 fully saturated rings. The number of hydrogen-bond donors (Lipinski definition) is 2. The van der Waals surface area contributed by atoms with Crippen molar-refractivity contribution >= 4 is 18.1 Å². The van der Waals surface area contributed by atoms with Crippen LogP contribution < -0.4 is 0 Å². The van der Waals surface area contributed by atoms with Gasteiger partial charge in [0.05, 0.1) is 25.1 Å². The third kappa shape index (κ3) is 5.68. The third-order valence-corrected chi connectivity index (χ3v) is 4.21. The molecule has 2 N–H and O–H groups in total. The maximum atomic E-state index is 12.9. The summed E-state index contributed by atoms with van der Waals surface area (Å²) in [5.74, 6) is -0.497. The Hall–Kier alpha value is -2.61. The average molecular weight is 378 g/mol. The number of carboxylic acid groups (broad SMARTS) is 1. The van der Waals surface area contributed by atoms with E-state index < -0.39 is 35.8 Å². The number of aliphatic hydroxyl groups is 1. The number of nitrogens with zero attached hydrogens (tertiary/aromatic N) is 2. The monoisotopic (exact) mass is 378 g/mol. The van der Waals surface area contributed by atoms with Crippen molar-refractivity contribution in [2.45, 2.75) is 51.4 Å². The van der Waals surface area contributed by atoms with Crippen LogP contribution in [-0.4, -0.2) is 68.9 Å². The third-order valence-electron chi connectivity index (χ3n) is 4.21. The topological polar surface area (TPSA) is 107 Å². The number of ether oxygens (including phenoxy) is 1. The molecule has 1 saturated heterocycles. The van der Waals surface area contributed by atoms with Gasteiger partial charge in [-0.3, -0.25) is 4.79 Å². The molecule has 148 valence electrons. The van der Waals surface area contributed by atoms with E-state index >= 15 is 0 Å². The van der Waals surface area contributed by atoms with Gasteiger partial charge in [0.25, 0.3) is 0 Å². The molecule has 0 spiro atoms. The van der Waals surface area contributed by atoms with E-state index in [-0.39, 0.29) is 25.9 Å². The number of rotatable bonds is 3. The molecule has 0 aliphatic carbocycles. The summed E-state index contributed by atoms with van der Waals surface area (Å²) in [5, 5.41) is 19.5. The normalized spacial score (nSPS) is 20.1. The van der Waals surface area contributed by atoms with E-state index in [1.807, 2.05) is 6.07 Å². The smallest absolute Gasteiger partial charge is 0.417 e. The number of piperidine rings is 1. The summed E-state index contributed by atoms with van der Waals surface area (Å²) in [7, 11) is 0. The summed E-state index contributed by atoms with van der Waals surface area (Å²) in [5.41, 5.74) is -0.0803. The molecule has 2 atom stereocenters. The fraction of sp³-hybridized carbons (Fsp3) is 0.526. The van der Waals surface area contributed by atoms with E-state index in [9.17, 15) is 19.5 Å². The van der Waals surface area contributed by atoms with Gasteiger partial charge in [-0.25, -0.2) is 14.5 Å². The summed E-state index contributed by atoms with van der Waals surface area (Å²) < 4.78 is 5.36. The molecule has 1 aliphatic rings. The number of β-amino-alcohol motifs (C(OH)–C–C–N with tert-alkyl or cyclic N) is 1. The quantitative estimate of drug-likeness (QED) is 0.834. The van der Waals surface area contributed by atoms with Crippen LogP contribution in [-0.2, 0) is 16.0 Å². The van der Waals surface area contributed by atoms with Gasteiger partial charge in [0.1, 0.15) is 5.60 Å². The molecule has 1 aliphatic heterocycles. The maximum Gasteiger partial charge on any atom is 0.417 e. The molecule has 0 bridgehead atoms. The minimum atomic E-state index is -1.18. The molecular formula is C19H26N2O6. The lowest BCUT2D eigenvalue weighted by Crippen LogP contribution is -2.59. The number of likely N-dealkylation sites (tertiary alicyclic amines) is 1. The molecule has 0 aromatic heterocycles. The Labute approximate surface area is 158 Å². The standard InChI is InChI=1S/C19H26N2O6/c1-19(2,3)27-18(26)21(16(23)11-13-7-5-4-6-8-13)14-9-10-20(17(24)25)12-15(14)22/h4-8,14-15,22H,9-12H2,1-3H3,(H,24,25)/t14-,15-/m0/s1. The van der Waals surface area contributed by atoms with Crippen molar-refractivity contribution in [1.82, 2.24) is 9.80 Å². The Kier molecular flexibility index (Phi) is 6.43. The fourth-order valence-electron chi connectivity index (χ4n) is 2.98. The van der Waals surface area contributed by atoms with Crippen molar-refractivity contribution in [3.63, 3.8) is 0 Å². The van der Waals surface area contributed by atoms with Crippen LogP contribution in [0, 0.1) is 0 Å². The SMILES string of the molecule is CC(C)(C)OC(=O)N(C(=O)Cc1ccccc1)[C@H]1CCN(C(=O)O)C[C@@H]1O. The lowest BCUT2D eigenvalue weighted by Gasteiger charge is -2.40. The molecule has 3 amide bonds. The molecule has 2 rings (SSSR count). The summed E-state index contributed by atoms with van der Waals surface area (Å²) in [6.07, 6.45) is -3.04. The van der Waals surface area contributed by atoms with E-state index in [2.05, 4.69) is 0 Å². The highest BCUT2D eigenvalue weighted by molar-refractivity contribution is 5.93. The lowest BCUT2D eigenvalue weighted by atomic mass is 9.99. The first-order valence-corrected chi connectivity index (χ1v) is 8.83. The largest absolute Gasteiger partial charge is 0.465 e. The van der Waals surface area contributed by atoms with Gasteiger partial charge in [-0.15, -0.1) is 0 Å². The first-order valence-electron chi connectivity index (χ1n) is 8.83. The number of amides is 3. The Bertz CT molecular complexity index is 685. The van der Waals surface area contributed by atoms with Gasteiger partial charge in [0.2, 0.25) is 5.91 Å². The van der Waals surface area contributed by atoms with E-state index in [1.165, 1.54) is 0 Å². The van der Waals surface area contributed by atoms with Gasteiger partial charge in [-0.2, -0.15) is 0 Å². The second-order valence-electron chi connectivity index (χ2n) is 7.56. The average Bonchev–Trinajstić information content (AvgIpc) is 2.55. The van der Waals surface area contributed by atoms with Gasteiger partial charge >= 0.3 is 12.2 Å². The highest BCUT2D eigenvalue weighted by atomic mass is 16.6. The minimum absolute atomic E-state index is 0.0219. The Morgan fingerprint density at radius 1 is 1.22 bits per heavy atom. The molecule has 1 aromatic rings. The van der Waals surface area contributed by atoms with E-state index in [1.54, 1.807) is 45.0 Å². The predicted molar refractivity (Wildman–Crippen MR) is 97.2 cm³/mol. The molecule has 0 radical (unpaired) electrons. The zero-order chi connectivity index (χ0) is 20.2. The maximum absolute atomic E-state index is 12.9. The molecule has 1 heterocycles.